The van der Waals surface area contributed by atoms with E-state index in [1.54, 1.807) is 10.9 Å². The number of aryl methyl sites for hydroxylation is 1. The molecule has 3 N–H and O–H groups in total. The summed E-state index contributed by atoms with van der Waals surface area (Å²) in [7, 11) is 1.89. The molecule has 0 aliphatic rings. The van der Waals surface area contributed by atoms with Gasteiger partial charge >= 0.3 is 0 Å². The van der Waals surface area contributed by atoms with Crippen LogP contribution >= 0.6 is 0 Å². The van der Waals surface area contributed by atoms with E-state index in [4.69, 9.17) is 5.73 Å². The Kier molecular flexibility index (Phi) is 4.01. The molecule has 0 bridgehead atoms. The fourth-order valence-corrected chi connectivity index (χ4v) is 2.19. The largest absolute Gasteiger partial charge is 0.365 e. The van der Waals surface area contributed by atoms with Crippen LogP contribution in [0.5, 0.6) is 0 Å². The van der Waals surface area contributed by atoms with E-state index < -0.39 is 5.91 Å². The molecule has 0 unspecified atom stereocenters. The third kappa shape index (κ3) is 3.52. The summed E-state index contributed by atoms with van der Waals surface area (Å²) in [5.74, 6) is -0.0900. The summed E-state index contributed by atoms with van der Waals surface area (Å²) in [4.78, 5) is 19.2. The minimum atomic E-state index is -0.597. The van der Waals surface area contributed by atoms with Crippen LogP contribution in [0.25, 0.3) is 11.1 Å². The highest BCUT2D eigenvalue weighted by atomic mass is 16.1. The van der Waals surface area contributed by atoms with E-state index in [1.807, 2.05) is 37.6 Å². The number of nitrogens with zero attached hydrogens (tertiary/aromatic N) is 4. The Morgan fingerprint density at radius 1 is 1.26 bits per heavy atom. The van der Waals surface area contributed by atoms with Crippen molar-refractivity contribution in [2.75, 3.05) is 5.32 Å². The molecule has 0 fully saturated rings. The average molecular weight is 308 g/mol. The van der Waals surface area contributed by atoms with Crippen LogP contribution in [0.1, 0.15) is 16.1 Å². The number of hydrogen-bond donors (Lipinski definition) is 2. The summed E-state index contributed by atoms with van der Waals surface area (Å²) in [6, 6.07) is 8.12. The zero-order valence-corrected chi connectivity index (χ0v) is 12.6. The quantitative estimate of drug-likeness (QED) is 0.745. The molecular weight excluding hydrogens is 292 g/mol. The van der Waals surface area contributed by atoms with E-state index in [0.717, 1.165) is 16.7 Å². The van der Waals surface area contributed by atoms with E-state index in [0.29, 0.717) is 12.4 Å². The van der Waals surface area contributed by atoms with Crippen LogP contribution in [-0.4, -0.2) is 25.7 Å². The van der Waals surface area contributed by atoms with Gasteiger partial charge in [0.1, 0.15) is 11.5 Å². The van der Waals surface area contributed by atoms with Gasteiger partial charge in [-0.15, -0.1) is 0 Å². The number of carbonyl (C=O) groups excluding carboxylic acids is 1. The van der Waals surface area contributed by atoms with Gasteiger partial charge < -0.3 is 11.1 Å². The Balaban J connectivity index is 1.74. The first-order chi connectivity index (χ1) is 11.1. The maximum absolute atomic E-state index is 11.1. The van der Waals surface area contributed by atoms with E-state index >= 15 is 0 Å². The third-order valence-electron chi connectivity index (χ3n) is 3.33. The molecule has 3 aromatic rings. The minimum absolute atomic E-state index is 0.138. The van der Waals surface area contributed by atoms with Crippen molar-refractivity contribution in [3.05, 3.63) is 60.3 Å². The predicted octanol–water partition coefficient (Wildman–Crippen LogP) is 1.59. The fraction of sp³-hybridized carbons (Fsp3) is 0.125. The van der Waals surface area contributed by atoms with Crippen LogP contribution in [-0.2, 0) is 13.6 Å². The van der Waals surface area contributed by atoms with Crippen LogP contribution in [0.15, 0.2) is 49.1 Å². The second-order valence-electron chi connectivity index (χ2n) is 5.11. The monoisotopic (exact) mass is 308 g/mol. The SMILES string of the molecule is Cn1cc(-c2cccc(CNc3cncc(C(N)=O)n3)c2)cn1. The van der Waals surface area contributed by atoms with Gasteiger partial charge in [0.05, 0.1) is 18.6 Å². The first kappa shape index (κ1) is 14.7. The first-order valence-electron chi connectivity index (χ1n) is 7.05. The summed E-state index contributed by atoms with van der Waals surface area (Å²) < 4.78 is 1.77. The van der Waals surface area contributed by atoms with Crippen LogP contribution < -0.4 is 11.1 Å². The molecule has 1 amide bonds. The zero-order valence-electron chi connectivity index (χ0n) is 12.6. The molecule has 0 atom stereocenters. The van der Waals surface area contributed by atoms with Crippen molar-refractivity contribution in [3.63, 3.8) is 0 Å². The molecule has 7 nitrogen and oxygen atoms in total. The van der Waals surface area contributed by atoms with Gasteiger partial charge in [-0.3, -0.25) is 14.5 Å². The highest BCUT2D eigenvalue weighted by Gasteiger charge is 2.05. The predicted molar refractivity (Wildman–Crippen MR) is 86.5 cm³/mol. The van der Waals surface area contributed by atoms with Gasteiger partial charge in [0.15, 0.2) is 0 Å². The lowest BCUT2D eigenvalue weighted by atomic mass is 10.1. The van der Waals surface area contributed by atoms with Crippen LogP contribution in [0.3, 0.4) is 0 Å². The normalized spacial score (nSPS) is 10.5. The molecule has 0 spiro atoms. The van der Waals surface area contributed by atoms with Crippen LogP contribution in [0.2, 0.25) is 0 Å². The van der Waals surface area contributed by atoms with Crippen molar-refractivity contribution in [2.45, 2.75) is 6.54 Å². The van der Waals surface area contributed by atoms with Gasteiger partial charge in [-0.25, -0.2) is 4.98 Å². The van der Waals surface area contributed by atoms with Crippen molar-refractivity contribution in [3.8, 4) is 11.1 Å². The fourth-order valence-electron chi connectivity index (χ4n) is 2.19. The zero-order chi connectivity index (χ0) is 16.2. The molecule has 1 aromatic carbocycles. The first-order valence-corrected chi connectivity index (χ1v) is 7.05. The van der Waals surface area contributed by atoms with Crippen molar-refractivity contribution in [1.82, 2.24) is 19.7 Å². The summed E-state index contributed by atoms with van der Waals surface area (Å²) >= 11 is 0. The van der Waals surface area contributed by atoms with Crippen LogP contribution in [0.4, 0.5) is 5.82 Å². The number of aromatic nitrogens is 4. The Morgan fingerprint density at radius 2 is 2.13 bits per heavy atom. The topological polar surface area (TPSA) is 98.7 Å². The summed E-state index contributed by atoms with van der Waals surface area (Å²) in [5, 5.41) is 7.32. The molecule has 0 aliphatic heterocycles. The van der Waals surface area contributed by atoms with Gasteiger partial charge in [-0.2, -0.15) is 5.10 Å². The number of anilines is 1. The molecule has 0 saturated heterocycles. The number of amides is 1. The smallest absolute Gasteiger partial charge is 0.268 e. The molecule has 116 valence electrons. The highest BCUT2D eigenvalue weighted by Crippen LogP contribution is 2.20. The number of benzene rings is 1. The summed E-state index contributed by atoms with van der Waals surface area (Å²) in [6.45, 7) is 0.561. The van der Waals surface area contributed by atoms with E-state index in [-0.39, 0.29) is 5.69 Å². The summed E-state index contributed by atoms with van der Waals surface area (Å²) in [6.07, 6.45) is 6.69. The second kappa shape index (κ2) is 6.27. The molecule has 3 rings (SSSR count). The number of carbonyl (C=O) groups is 1. The Hall–Kier alpha value is -3.22. The highest BCUT2D eigenvalue weighted by molar-refractivity contribution is 5.90. The molecular formula is C16H16N6O. The van der Waals surface area contributed by atoms with Gasteiger partial charge in [0.25, 0.3) is 5.91 Å². The van der Waals surface area contributed by atoms with Crippen molar-refractivity contribution < 1.29 is 4.79 Å². The van der Waals surface area contributed by atoms with Crippen LogP contribution in [0, 0.1) is 0 Å². The van der Waals surface area contributed by atoms with E-state index in [1.165, 1.54) is 6.20 Å². The molecule has 23 heavy (non-hydrogen) atoms. The molecule has 0 saturated carbocycles. The number of rotatable bonds is 5. The number of nitrogens with two attached hydrogens (primary N) is 1. The second-order valence-corrected chi connectivity index (χ2v) is 5.11. The maximum atomic E-state index is 11.1. The van der Waals surface area contributed by atoms with Gasteiger partial charge in [0.2, 0.25) is 0 Å². The lowest BCUT2D eigenvalue weighted by molar-refractivity contribution is 0.0995. The number of primary amides is 1. The molecule has 0 aliphatic carbocycles. The lowest BCUT2D eigenvalue weighted by Crippen LogP contribution is -2.14. The number of hydrogen-bond acceptors (Lipinski definition) is 5. The summed E-state index contributed by atoms with van der Waals surface area (Å²) in [5.41, 5.74) is 8.57. The third-order valence-corrected chi connectivity index (χ3v) is 3.33. The van der Waals surface area contributed by atoms with E-state index in [2.05, 4.69) is 26.4 Å². The van der Waals surface area contributed by atoms with Crippen molar-refractivity contribution in [2.24, 2.45) is 12.8 Å². The van der Waals surface area contributed by atoms with Crippen molar-refractivity contribution in [1.29, 1.82) is 0 Å². The van der Waals surface area contributed by atoms with Gasteiger partial charge in [-0.05, 0) is 17.2 Å². The van der Waals surface area contributed by atoms with E-state index in [9.17, 15) is 4.79 Å². The molecule has 7 heteroatoms. The molecule has 2 heterocycles. The van der Waals surface area contributed by atoms with Gasteiger partial charge in [-0.1, -0.05) is 18.2 Å². The average Bonchev–Trinajstić information content (AvgIpc) is 3.00. The Morgan fingerprint density at radius 3 is 2.87 bits per heavy atom. The van der Waals surface area contributed by atoms with Crippen molar-refractivity contribution >= 4 is 11.7 Å². The molecule has 0 radical (unpaired) electrons. The Labute approximate surface area is 133 Å². The number of nitrogens with one attached hydrogen (secondary N) is 1. The maximum Gasteiger partial charge on any atom is 0.268 e. The Bertz CT molecular complexity index is 842. The minimum Gasteiger partial charge on any atom is -0.365 e. The molecule has 2 aromatic heterocycles. The standard InChI is InChI=1S/C16H16N6O/c1-22-10-13(7-20-22)12-4-2-3-11(5-12)6-19-15-9-18-8-14(21-15)16(17)23/h2-5,7-10H,6H2,1H3,(H2,17,23)(H,19,21). The lowest BCUT2D eigenvalue weighted by Gasteiger charge is -2.07. The van der Waals surface area contributed by atoms with Gasteiger partial charge in [0, 0.05) is 25.4 Å².